The Balaban J connectivity index is 1.44. The van der Waals surface area contributed by atoms with Gasteiger partial charge >= 0.3 is 0 Å². The molecule has 2 aromatic carbocycles. The molecule has 4 aromatic rings. The summed E-state index contributed by atoms with van der Waals surface area (Å²) in [4.78, 5) is 21.3. The number of pyridine rings is 2. The Kier molecular flexibility index (Phi) is 5.07. The number of hydrogen-bond donors (Lipinski definition) is 3. The van der Waals surface area contributed by atoms with Crippen LogP contribution >= 0.6 is 0 Å². The zero-order chi connectivity index (χ0) is 22.1. The van der Waals surface area contributed by atoms with Crippen molar-refractivity contribution in [3.05, 3.63) is 90.0 Å². The first-order valence-corrected chi connectivity index (χ1v) is 10.4. The number of aromatic hydroxyl groups is 1. The third-order valence-corrected chi connectivity index (χ3v) is 5.77. The standard InChI is InChI=1S/C25H22N4O3/c1-15-17-5-2-6-21(30)18(17)7-8-20(15)29-23-19-9-11-27-14-22(19)32-24(23)25(31)28-13-16-4-3-10-26-12-16/h2-12,14,23-24,29-30H,13H2,1H3,(H,28,31). The number of anilines is 1. The Morgan fingerprint density at radius 2 is 1.91 bits per heavy atom. The fourth-order valence-corrected chi connectivity index (χ4v) is 4.08. The highest BCUT2D eigenvalue weighted by molar-refractivity contribution is 5.94. The molecule has 0 saturated heterocycles. The van der Waals surface area contributed by atoms with Gasteiger partial charge in [0.1, 0.15) is 17.5 Å². The van der Waals surface area contributed by atoms with Gasteiger partial charge in [-0.15, -0.1) is 0 Å². The van der Waals surface area contributed by atoms with Crippen LogP contribution in [0.15, 0.2) is 73.3 Å². The van der Waals surface area contributed by atoms with Crippen molar-refractivity contribution in [1.29, 1.82) is 0 Å². The Labute approximate surface area is 185 Å². The average molecular weight is 426 g/mol. The number of nitrogens with one attached hydrogen (secondary N) is 2. The Morgan fingerprint density at radius 1 is 1.03 bits per heavy atom. The fraction of sp³-hybridized carbons (Fsp3) is 0.160. The molecule has 32 heavy (non-hydrogen) atoms. The molecule has 2 unspecified atom stereocenters. The van der Waals surface area contributed by atoms with Gasteiger partial charge in [0, 0.05) is 41.8 Å². The maximum absolute atomic E-state index is 13.1. The normalized spacial score (nSPS) is 16.9. The second-order valence-electron chi connectivity index (χ2n) is 7.76. The number of phenolic OH excluding ortho intramolecular Hbond substituents is 1. The van der Waals surface area contributed by atoms with E-state index in [1.165, 1.54) is 0 Å². The van der Waals surface area contributed by atoms with Gasteiger partial charge in [-0.2, -0.15) is 0 Å². The summed E-state index contributed by atoms with van der Waals surface area (Å²) >= 11 is 0. The Hall–Kier alpha value is -4.13. The molecule has 0 saturated carbocycles. The molecule has 0 fully saturated rings. The molecule has 3 heterocycles. The second kappa shape index (κ2) is 8.19. The molecule has 5 rings (SSSR count). The Morgan fingerprint density at radius 3 is 2.75 bits per heavy atom. The minimum absolute atomic E-state index is 0.223. The van der Waals surface area contributed by atoms with Crippen molar-refractivity contribution in [2.24, 2.45) is 0 Å². The van der Waals surface area contributed by atoms with Crippen LogP contribution in [0, 0.1) is 6.92 Å². The summed E-state index contributed by atoms with van der Waals surface area (Å²) in [5.41, 5.74) is 3.63. The van der Waals surface area contributed by atoms with Crippen molar-refractivity contribution in [3.63, 3.8) is 0 Å². The van der Waals surface area contributed by atoms with Gasteiger partial charge in [-0.05, 0) is 53.8 Å². The summed E-state index contributed by atoms with van der Waals surface area (Å²) in [7, 11) is 0. The maximum Gasteiger partial charge on any atom is 0.263 e. The molecule has 2 aromatic heterocycles. The molecule has 0 radical (unpaired) electrons. The first-order valence-electron chi connectivity index (χ1n) is 10.4. The molecule has 1 amide bonds. The van der Waals surface area contributed by atoms with Crippen LogP contribution in [0.1, 0.15) is 22.7 Å². The lowest BCUT2D eigenvalue weighted by Gasteiger charge is -2.22. The van der Waals surface area contributed by atoms with Crippen LogP contribution in [0.25, 0.3) is 10.8 Å². The van der Waals surface area contributed by atoms with Crippen molar-refractivity contribution in [3.8, 4) is 11.5 Å². The van der Waals surface area contributed by atoms with Crippen LogP contribution in [-0.4, -0.2) is 27.1 Å². The SMILES string of the molecule is Cc1c(NC2c3ccncc3OC2C(=O)NCc2cccnc2)ccc2c(O)cccc12. The zero-order valence-electron chi connectivity index (χ0n) is 17.4. The topological polar surface area (TPSA) is 96.4 Å². The summed E-state index contributed by atoms with van der Waals surface area (Å²) in [5, 5.41) is 18.3. The molecule has 0 spiro atoms. The first-order chi connectivity index (χ1) is 15.6. The van der Waals surface area contributed by atoms with Gasteiger partial charge < -0.3 is 20.5 Å². The molecule has 160 valence electrons. The van der Waals surface area contributed by atoms with Crippen molar-refractivity contribution in [2.75, 3.05) is 5.32 Å². The highest BCUT2D eigenvalue weighted by Gasteiger charge is 2.39. The van der Waals surface area contributed by atoms with Gasteiger partial charge in [0.2, 0.25) is 6.10 Å². The number of nitrogens with zero attached hydrogens (tertiary/aromatic N) is 2. The van der Waals surface area contributed by atoms with Gasteiger partial charge in [0.25, 0.3) is 5.91 Å². The maximum atomic E-state index is 13.1. The first kappa shape index (κ1) is 19.8. The Bertz CT molecular complexity index is 1290. The van der Waals surface area contributed by atoms with Crippen LogP contribution in [0.5, 0.6) is 11.5 Å². The number of rotatable bonds is 5. The van der Waals surface area contributed by atoms with Crippen LogP contribution in [0.4, 0.5) is 5.69 Å². The number of fused-ring (bicyclic) bond motifs is 2. The summed E-state index contributed by atoms with van der Waals surface area (Å²) < 4.78 is 6.00. The molecule has 2 atom stereocenters. The number of aryl methyl sites for hydroxylation is 1. The molecule has 7 heteroatoms. The summed E-state index contributed by atoms with van der Waals surface area (Å²) in [6, 6.07) is 14.5. The number of carbonyl (C=O) groups is 1. The lowest BCUT2D eigenvalue weighted by Crippen LogP contribution is -2.41. The molecule has 1 aliphatic rings. The number of amides is 1. The van der Waals surface area contributed by atoms with E-state index in [1.807, 2.05) is 49.4 Å². The van der Waals surface area contributed by atoms with Crippen molar-refractivity contribution >= 4 is 22.4 Å². The quantitative estimate of drug-likeness (QED) is 0.448. The lowest BCUT2D eigenvalue weighted by molar-refractivity contribution is -0.128. The van der Waals surface area contributed by atoms with E-state index < -0.39 is 12.1 Å². The molecular formula is C25H22N4O3. The third kappa shape index (κ3) is 3.58. The van der Waals surface area contributed by atoms with Crippen LogP contribution < -0.4 is 15.4 Å². The molecule has 3 N–H and O–H groups in total. The third-order valence-electron chi connectivity index (χ3n) is 5.77. The molecule has 7 nitrogen and oxygen atoms in total. The molecule has 1 aliphatic heterocycles. The van der Waals surface area contributed by atoms with E-state index in [-0.39, 0.29) is 11.7 Å². The van der Waals surface area contributed by atoms with Crippen molar-refractivity contribution in [2.45, 2.75) is 25.6 Å². The minimum atomic E-state index is -0.759. The predicted molar refractivity (Wildman–Crippen MR) is 121 cm³/mol. The minimum Gasteiger partial charge on any atom is -0.507 e. The van der Waals surface area contributed by atoms with E-state index >= 15 is 0 Å². The van der Waals surface area contributed by atoms with Crippen LogP contribution in [0.3, 0.4) is 0 Å². The monoisotopic (exact) mass is 426 g/mol. The number of benzene rings is 2. The van der Waals surface area contributed by atoms with Gasteiger partial charge in [-0.1, -0.05) is 18.2 Å². The predicted octanol–water partition coefficient (Wildman–Crippen LogP) is 3.87. The number of phenols is 1. The highest BCUT2D eigenvalue weighted by atomic mass is 16.5. The highest BCUT2D eigenvalue weighted by Crippen LogP contribution is 2.40. The number of aromatic nitrogens is 2. The smallest absolute Gasteiger partial charge is 0.263 e. The molecule has 0 bridgehead atoms. The fourth-order valence-electron chi connectivity index (χ4n) is 4.08. The van der Waals surface area contributed by atoms with Crippen LogP contribution in [0.2, 0.25) is 0 Å². The van der Waals surface area contributed by atoms with Gasteiger partial charge in [-0.25, -0.2) is 0 Å². The average Bonchev–Trinajstić information content (AvgIpc) is 3.19. The van der Waals surface area contributed by atoms with Gasteiger partial charge in [0.15, 0.2) is 0 Å². The van der Waals surface area contributed by atoms with Crippen molar-refractivity contribution < 1.29 is 14.6 Å². The summed E-state index contributed by atoms with van der Waals surface area (Å²) in [5.74, 6) is 0.603. The molecular weight excluding hydrogens is 404 g/mol. The molecule has 0 aliphatic carbocycles. The van der Waals surface area contributed by atoms with Crippen molar-refractivity contribution in [1.82, 2.24) is 15.3 Å². The van der Waals surface area contributed by atoms with Gasteiger partial charge in [0.05, 0.1) is 6.20 Å². The van der Waals surface area contributed by atoms with E-state index in [0.29, 0.717) is 12.3 Å². The number of hydrogen-bond acceptors (Lipinski definition) is 6. The van der Waals surface area contributed by atoms with E-state index in [9.17, 15) is 9.90 Å². The zero-order valence-corrected chi connectivity index (χ0v) is 17.4. The lowest BCUT2D eigenvalue weighted by atomic mass is 10.00. The summed E-state index contributed by atoms with van der Waals surface area (Å²) in [6.45, 7) is 2.35. The number of carbonyl (C=O) groups excluding carboxylic acids is 1. The van der Waals surface area contributed by atoms with E-state index in [0.717, 1.165) is 33.2 Å². The second-order valence-corrected chi connectivity index (χ2v) is 7.76. The van der Waals surface area contributed by atoms with Gasteiger partial charge in [-0.3, -0.25) is 14.8 Å². The van der Waals surface area contributed by atoms with Crippen LogP contribution in [-0.2, 0) is 11.3 Å². The summed E-state index contributed by atoms with van der Waals surface area (Å²) in [6.07, 6.45) is 5.98. The number of ether oxygens (including phenoxy) is 1. The van der Waals surface area contributed by atoms with E-state index in [4.69, 9.17) is 4.74 Å². The van der Waals surface area contributed by atoms with E-state index in [1.54, 1.807) is 30.9 Å². The largest absolute Gasteiger partial charge is 0.507 e. The van der Waals surface area contributed by atoms with E-state index in [2.05, 4.69) is 20.6 Å².